The predicted molar refractivity (Wildman–Crippen MR) is 96.3 cm³/mol. The maximum atomic E-state index is 12.5. The van der Waals surface area contributed by atoms with Gasteiger partial charge in [0.1, 0.15) is 10.6 Å². The topological polar surface area (TPSA) is 72.5 Å². The molecule has 1 aliphatic rings. The fourth-order valence-corrected chi connectivity index (χ4v) is 3.63. The zero-order valence-electron chi connectivity index (χ0n) is 14.5. The van der Waals surface area contributed by atoms with Crippen molar-refractivity contribution in [2.75, 3.05) is 5.32 Å². The summed E-state index contributed by atoms with van der Waals surface area (Å²) in [5, 5.41) is 2.76. The normalized spacial score (nSPS) is 14.6. The van der Waals surface area contributed by atoms with Gasteiger partial charge in [-0.25, -0.2) is 0 Å². The third-order valence-electron chi connectivity index (χ3n) is 4.19. The Morgan fingerprint density at radius 3 is 2.32 bits per heavy atom. The van der Waals surface area contributed by atoms with Crippen molar-refractivity contribution in [1.82, 2.24) is 0 Å². The van der Waals surface area contributed by atoms with Crippen LogP contribution in [0.15, 0.2) is 47.4 Å². The Bertz CT molecular complexity index is 909. The quantitative estimate of drug-likeness (QED) is 0.849. The van der Waals surface area contributed by atoms with Gasteiger partial charge in [-0.15, -0.1) is 0 Å². The van der Waals surface area contributed by atoms with Crippen molar-refractivity contribution in [1.29, 1.82) is 0 Å². The molecule has 0 spiro atoms. The number of aryl methyl sites for hydroxylation is 1. The molecular formula is C19H21NO4S. The summed E-state index contributed by atoms with van der Waals surface area (Å²) < 4.78 is 30.2. The van der Waals surface area contributed by atoms with E-state index < -0.39 is 10.1 Å². The molecule has 0 saturated carbocycles. The molecule has 0 radical (unpaired) electrons. The minimum Gasteiger partial charge on any atom is -0.379 e. The molecular weight excluding hydrogens is 338 g/mol. The van der Waals surface area contributed by atoms with Crippen LogP contribution in [0.5, 0.6) is 5.75 Å². The van der Waals surface area contributed by atoms with E-state index in [-0.39, 0.29) is 22.0 Å². The summed E-state index contributed by atoms with van der Waals surface area (Å²) >= 11 is 0. The van der Waals surface area contributed by atoms with Gasteiger partial charge in [-0.1, -0.05) is 32.9 Å². The van der Waals surface area contributed by atoms with Gasteiger partial charge >= 0.3 is 10.1 Å². The van der Waals surface area contributed by atoms with Crippen LogP contribution in [-0.4, -0.2) is 14.3 Å². The number of hydrogen-bond donors (Lipinski definition) is 1. The lowest BCUT2D eigenvalue weighted by Gasteiger charge is -2.19. The van der Waals surface area contributed by atoms with Gasteiger partial charge in [-0.05, 0) is 53.3 Å². The molecule has 2 aromatic rings. The Kier molecular flexibility index (Phi) is 4.33. The molecule has 1 amide bonds. The highest BCUT2D eigenvalue weighted by Crippen LogP contribution is 2.29. The van der Waals surface area contributed by atoms with Crippen molar-refractivity contribution in [3.05, 3.63) is 53.6 Å². The Hall–Kier alpha value is -2.34. The van der Waals surface area contributed by atoms with E-state index in [0.29, 0.717) is 18.5 Å². The highest BCUT2D eigenvalue weighted by Gasteiger charge is 2.21. The van der Waals surface area contributed by atoms with E-state index >= 15 is 0 Å². The van der Waals surface area contributed by atoms with E-state index in [9.17, 15) is 13.2 Å². The van der Waals surface area contributed by atoms with Crippen LogP contribution in [0.4, 0.5) is 5.69 Å². The molecule has 0 unspecified atom stereocenters. The summed E-state index contributed by atoms with van der Waals surface area (Å²) in [4.78, 5) is 11.5. The molecule has 1 aliphatic heterocycles. The number of benzene rings is 2. The molecule has 25 heavy (non-hydrogen) atoms. The second-order valence-corrected chi connectivity index (χ2v) is 8.73. The Morgan fingerprint density at radius 1 is 1.00 bits per heavy atom. The van der Waals surface area contributed by atoms with Crippen LogP contribution >= 0.6 is 0 Å². The maximum Gasteiger partial charge on any atom is 0.339 e. The first-order valence-electron chi connectivity index (χ1n) is 8.13. The summed E-state index contributed by atoms with van der Waals surface area (Å²) in [6, 6.07) is 11.6. The third-order valence-corrected chi connectivity index (χ3v) is 5.45. The van der Waals surface area contributed by atoms with Gasteiger partial charge in [0.15, 0.2) is 0 Å². The van der Waals surface area contributed by atoms with Gasteiger partial charge in [0, 0.05) is 12.1 Å². The highest BCUT2D eigenvalue weighted by atomic mass is 32.2. The summed E-state index contributed by atoms with van der Waals surface area (Å²) in [5.41, 5.74) is 2.58. The van der Waals surface area contributed by atoms with Gasteiger partial charge in [0.25, 0.3) is 0 Å². The number of fused-ring (bicyclic) bond motifs is 1. The third kappa shape index (κ3) is 3.85. The van der Waals surface area contributed by atoms with Crippen LogP contribution in [0.1, 0.15) is 38.3 Å². The van der Waals surface area contributed by atoms with Gasteiger partial charge in [-0.2, -0.15) is 8.42 Å². The molecule has 1 heterocycles. The maximum absolute atomic E-state index is 12.5. The molecule has 0 bridgehead atoms. The van der Waals surface area contributed by atoms with E-state index in [1.165, 1.54) is 0 Å². The van der Waals surface area contributed by atoms with Crippen LogP contribution in [0.3, 0.4) is 0 Å². The van der Waals surface area contributed by atoms with E-state index in [0.717, 1.165) is 11.1 Å². The molecule has 3 rings (SSSR count). The molecule has 0 aromatic heterocycles. The monoisotopic (exact) mass is 359 g/mol. The molecule has 1 N–H and O–H groups in total. The van der Waals surface area contributed by atoms with Crippen molar-refractivity contribution in [2.24, 2.45) is 0 Å². The van der Waals surface area contributed by atoms with E-state index in [2.05, 4.69) is 26.1 Å². The van der Waals surface area contributed by atoms with E-state index in [4.69, 9.17) is 4.18 Å². The molecule has 2 aromatic carbocycles. The average Bonchev–Trinajstić information content (AvgIpc) is 2.54. The lowest BCUT2D eigenvalue weighted by molar-refractivity contribution is -0.116. The van der Waals surface area contributed by atoms with Gasteiger partial charge in [0.05, 0.1) is 0 Å². The minimum atomic E-state index is -3.90. The molecule has 0 saturated heterocycles. The van der Waals surface area contributed by atoms with E-state index in [1.807, 2.05) is 0 Å². The number of carbonyl (C=O) groups is 1. The summed E-state index contributed by atoms with van der Waals surface area (Å²) in [7, 11) is -3.90. The van der Waals surface area contributed by atoms with E-state index in [1.54, 1.807) is 42.5 Å². The van der Waals surface area contributed by atoms with Crippen molar-refractivity contribution in [2.45, 2.75) is 43.9 Å². The zero-order valence-corrected chi connectivity index (χ0v) is 15.3. The van der Waals surface area contributed by atoms with Gasteiger partial charge in [0.2, 0.25) is 5.91 Å². The number of hydrogen-bond acceptors (Lipinski definition) is 4. The number of amides is 1. The van der Waals surface area contributed by atoms with Gasteiger partial charge < -0.3 is 9.50 Å². The molecule has 5 nitrogen and oxygen atoms in total. The smallest absolute Gasteiger partial charge is 0.339 e. The van der Waals surface area contributed by atoms with Crippen LogP contribution < -0.4 is 9.50 Å². The van der Waals surface area contributed by atoms with Crippen molar-refractivity contribution < 1.29 is 17.4 Å². The lowest BCUT2D eigenvalue weighted by atomic mass is 9.87. The largest absolute Gasteiger partial charge is 0.379 e. The minimum absolute atomic E-state index is 0.0345. The molecule has 0 aliphatic carbocycles. The molecule has 0 atom stereocenters. The van der Waals surface area contributed by atoms with Crippen LogP contribution in [-0.2, 0) is 26.7 Å². The number of carbonyl (C=O) groups excluding carboxylic acids is 1. The lowest BCUT2D eigenvalue weighted by Crippen LogP contribution is -2.19. The predicted octanol–water partition coefficient (Wildman–Crippen LogP) is 3.64. The second kappa shape index (κ2) is 6.19. The molecule has 6 heteroatoms. The number of rotatable bonds is 3. The highest BCUT2D eigenvalue weighted by molar-refractivity contribution is 7.87. The van der Waals surface area contributed by atoms with Crippen LogP contribution in [0.2, 0.25) is 0 Å². The van der Waals surface area contributed by atoms with Crippen molar-refractivity contribution >= 4 is 21.7 Å². The SMILES string of the molecule is CC(C)(C)c1ccc(S(=O)(=O)Oc2ccc3c(c2)CCC(=O)N3)cc1. The number of nitrogens with one attached hydrogen (secondary N) is 1. The fourth-order valence-electron chi connectivity index (χ4n) is 2.71. The standard InChI is InChI=1S/C19H21NO4S/c1-19(2,3)14-5-8-16(9-6-14)25(22,23)24-15-7-10-17-13(12-15)4-11-18(21)20-17/h5-10,12H,4,11H2,1-3H3,(H,20,21). The average molecular weight is 359 g/mol. The van der Waals surface area contributed by atoms with Gasteiger partial charge in [-0.3, -0.25) is 4.79 Å². The van der Waals surface area contributed by atoms with Crippen LogP contribution in [0.25, 0.3) is 0 Å². The summed E-state index contributed by atoms with van der Waals surface area (Å²) in [5.74, 6) is 0.211. The fraction of sp³-hybridized carbons (Fsp3) is 0.316. The first-order chi connectivity index (χ1) is 11.6. The molecule has 132 valence electrons. The summed E-state index contributed by atoms with van der Waals surface area (Å²) in [6.45, 7) is 6.21. The zero-order chi connectivity index (χ0) is 18.2. The van der Waals surface area contributed by atoms with Crippen LogP contribution in [0, 0.1) is 0 Å². The first kappa shape index (κ1) is 17.5. The molecule has 0 fully saturated rings. The van der Waals surface area contributed by atoms with Crippen molar-refractivity contribution in [3.63, 3.8) is 0 Å². The Labute approximate surface area is 148 Å². The van der Waals surface area contributed by atoms with Crippen molar-refractivity contribution in [3.8, 4) is 5.75 Å². The Morgan fingerprint density at radius 2 is 1.68 bits per heavy atom. The second-order valence-electron chi connectivity index (χ2n) is 7.18. The Balaban J connectivity index is 1.83. The first-order valence-corrected chi connectivity index (χ1v) is 9.54. The number of anilines is 1. The summed E-state index contributed by atoms with van der Waals surface area (Å²) in [6.07, 6.45) is 0.955.